The molecule has 2 aliphatic rings. The average molecular weight is 297 g/mol. The molecule has 2 unspecified atom stereocenters. The summed E-state index contributed by atoms with van der Waals surface area (Å²) in [6.07, 6.45) is 3.25. The summed E-state index contributed by atoms with van der Waals surface area (Å²) in [6, 6.07) is 6.37. The number of halogens is 1. The lowest BCUT2D eigenvalue weighted by Gasteiger charge is -2.35. The molecule has 2 aliphatic heterocycles. The average Bonchev–Trinajstić information content (AvgIpc) is 2.68. The second-order valence-corrected chi connectivity index (χ2v) is 5.76. The van der Waals surface area contributed by atoms with Gasteiger partial charge in [-0.1, -0.05) is 15.9 Å². The van der Waals surface area contributed by atoms with Gasteiger partial charge in [0.05, 0.1) is 12.2 Å². The standard InChI is InChI=1S/C13H17BrN2O/c14-10-1-4-13(9(5-10)6-15)16-7-11-2-3-12(8-16)17-11/h1,4-5,11-12H,2-3,6-8,15H2. The van der Waals surface area contributed by atoms with Crippen molar-refractivity contribution in [3.8, 4) is 0 Å². The first-order valence-corrected chi connectivity index (χ1v) is 6.94. The van der Waals surface area contributed by atoms with Crippen molar-refractivity contribution >= 4 is 21.6 Å². The van der Waals surface area contributed by atoms with Crippen LogP contribution in [0.5, 0.6) is 0 Å². The van der Waals surface area contributed by atoms with Gasteiger partial charge in [-0.3, -0.25) is 0 Å². The molecule has 0 aromatic heterocycles. The minimum absolute atomic E-state index is 0.419. The van der Waals surface area contributed by atoms with E-state index in [-0.39, 0.29) is 0 Å². The first-order chi connectivity index (χ1) is 8.26. The van der Waals surface area contributed by atoms with Gasteiger partial charge in [0, 0.05) is 29.8 Å². The smallest absolute Gasteiger partial charge is 0.0755 e. The molecule has 0 amide bonds. The van der Waals surface area contributed by atoms with Crippen molar-refractivity contribution in [1.29, 1.82) is 0 Å². The number of nitrogens with two attached hydrogens (primary N) is 1. The minimum Gasteiger partial charge on any atom is -0.371 e. The zero-order valence-electron chi connectivity index (χ0n) is 9.73. The largest absolute Gasteiger partial charge is 0.371 e. The molecule has 2 fully saturated rings. The summed E-state index contributed by atoms with van der Waals surface area (Å²) < 4.78 is 6.96. The third-order valence-electron chi connectivity index (χ3n) is 3.65. The number of anilines is 1. The van der Waals surface area contributed by atoms with Crippen molar-refractivity contribution in [2.75, 3.05) is 18.0 Å². The Hall–Kier alpha value is -0.580. The number of hydrogen-bond donors (Lipinski definition) is 1. The Morgan fingerprint density at radius 3 is 2.65 bits per heavy atom. The number of benzene rings is 1. The van der Waals surface area contributed by atoms with Crippen molar-refractivity contribution in [3.63, 3.8) is 0 Å². The summed E-state index contributed by atoms with van der Waals surface area (Å²) in [5.41, 5.74) is 8.32. The predicted molar refractivity (Wildman–Crippen MR) is 72.1 cm³/mol. The first kappa shape index (κ1) is 11.5. The van der Waals surface area contributed by atoms with Crippen LogP contribution in [0.1, 0.15) is 18.4 Å². The van der Waals surface area contributed by atoms with E-state index in [4.69, 9.17) is 10.5 Å². The number of rotatable bonds is 2. The Morgan fingerprint density at radius 2 is 2.00 bits per heavy atom. The van der Waals surface area contributed by atoms with Crippen LogP contribution in [0, 0.1) is 0 Å². The van der Waals surface area contributed by atoms with E-state index in [1.807, 2.05) is 0 Å². The van der Waals surface area contributed by atoms with E-state index >= 15 is 0 Å². The fraction of sp³-hybridized carbons (Fsp3) is 0.538. The number of ether oxygens (including phenoxy) is 1. The highest BCUT2D eigenvalue weighted by Gasteiger charge is 2.34. The Bertz CT molecular complexity index is 412. The quantitative estimate of drug-likeness (QED) is 0.910. The number of hydrogen-bond acceptors (Lipinski definition) is 3. The predicted octanol–water partition coefficient (Wildman–Crippen LogP) is 2.28. The second-order valence-electron chi connectivity index (χ2n) is 4.84. The van der Waals surface area contributed by atoms with E-state index in [1.165, 1.54) is 24.1 Å². The van der Waals surface area contributed by atoms with Crippen LogP contribution in [0.2, 0.25) is 0 Å². The molecule has 0 saturated carbocycles. The monoisotopic (exact) mass is 296 g/mol. The van der Waals surface area contributed by atoms with Crippen molar-refractivity contribution in [2.24, 2.45) is 5.73 Å². The Morgan fingerprint density at radius 1 is 1.29 bits per heavy atom. The third kappa shape index (κ3) is 2.21. The maximum atomic E-state index is 5.86. The molecule has 0 aliphatic carbocycles. The summed E-state index contributed by atoms with van der Waals surface area (Å²) >= 11 is 3.50. The van der Waals surface area contributed by atoms with E-state index in [1.54, 1.807) is 0 Å². The van der Waals surface area contributed by atoms with Gasteiger partial charge in [-0.25, -0.2) is 0 Å². The molecule has 2 N–H and O–H groups in total. The minimum atomic E-state index is 0.419. The number of nitrogens with zero attached hydrogens (tertiary/aromatic N) is 1. The Balaban J connectivity index is 1.88. The lowest BCUT2D eigenvalue weighted by Crippen LogP contribution is -2.43. The molecular formula is C13H17BrN2O. The lowest BCUT2D eigenvalue weighted by molar-refractivity contribution is 0.0304. The first-order valence-electron chi connectivity index (χ1n) is 6.15. The molecule has 2 saturated heterocycles. The molecule has 2 atom stereocenters. The van der Waals surface area contributed by atoms with E-state index < -0.39 is 0 Å². The molecule has 3 rings (SSSR count). The van der Waals surface area contributed by atoms with Gasteiger partial charge in [0.15, 0.2) is 0 Å². The van der Waals surface area contributed by atoms with Crippen LogP contribution in [0.15, 0.2) is 22.7 Å². The highest BCUT2D eigenvalue weighted by atomic mass is 79.9. The van der Waals surface area contributed by atoms with Crippen LogP contribution in [0.3, 0.4) is 0 Å². The highest BCUT2D eigenvalue weighted by Crippen LogP contribution is 2.32. The zero-order chi connectivity index (χ0) is 11.8. The molecule has 92 valence electrons. The van der Waals surface area contributed by atoms with Gasteiger partial charge in [-0.15, -0.1) is 0 Å². The van der Waals surface area contributed by atoms with Crippen LogP contribution in [0.25, 0.3) is 0 Å². The molecule has 4 heteroatoms. The van der Waals surface area contributed by atoms with Crippen molar-refractivity contribution in [3.05, 3.63) is 28.2 Å². The molecule has 2 heterocycles. The van der Waals surface area contributed by atoms with E-state index in [0.29, 0.717) is 18.8 Å². The van der Waals surface area contributed by atoms with Crippen molar-refractivity contribution in [1.82, 2.24) is 0 Å². The summed E-state index contributed by atoms with van der Waals surface area (Å²) in [7, 11) is 0. The van der Waals surface area contributed by atoms with Crippen LogP contribution in [-0.2, 0) is 11.3 Å². The third-order valence-corrected chi connectivity index (χ3v) is 4.14. The van der Waals surface area contributed by atoms with Gasteiger partial charge < -0.3 is 15.4 Å². The topological polar surface area (TPSA) is 38.5 Å². The molecule has 0 radical (unpaired) electrons. The van der Waals surface area contributed by atoms with Crippen LogP contribution in [0.4, 0.5) is 5.69 Å². The SMILES string of the molecule is NCc1cc(Br)ccc1N1CC2CCC(C1)O2. The molecule has 3 nitrogen and oxygen atoms in total. The highest BCUT2D eigenvalue weighted by molar-refractivity contribution is 9.10. The molecule has 0 spiro atoms. The molecule has 1 aromatic carbocycles. The molecule has 1 aromatic rings. The van der Waals surface area contributed by atoms with Gasteiger partial charge in [0.1, 0.15) is 0 Å². The van der Waals surface area contributed by atoms with E-state index in [0.717, 1.165) is 17.6 Å². The van der Waals surface area contributed by atoms with Gasteiger partial charge >= 0.3 is 0 Å². The molecular weight excluding hydrogens is 280 g/mol. The van der Waals surface area contributed by atoms with Gasteiger partial charge in [-0.2, -0.15) is 0 Å². The summed E-state index contributed by atoms with van der Waals surface area (Å²) in [6.45, 7) is 2.59. The van der Waals surface area contributed by atoms with Gasteiger partial charge in [0.25, 0.3) is 0 Å². The Kier molecular flexibility index (Phi) is 3.11. The summed E-state index contributed by atoms with van der Waals surface area (Å²) in [4.78, 5) is 2.43. The van der Waals surface area contributed by atoms with Crippen molar-refractivity contribution in [2.45, 2.75) is 31.6 Å². The zero-order valence-corrected chi connectivity index (χ0v) is 11.3. The maximum absolute atomic E-state index is 5.86. The number of morpholine rings is 1. The Labute approximate surface area is 110 Å². The second kappa shape index (κ2) is 4.59. The summed E-state index contributed by atoms with van der Waals surface area (Å²) in [5.74, 6) is 0. The van der Waals surface area contributed by atoms with Gasteiger partial charge in [0.2, 0.25) is 0 Å². The fourth-order valence-electron chi connectivity index (χ4n) is 2.84. The molecule has 17 heavy (non-hydrogen) atoms. The van der Waals surface area contributed by atoms with E-state index in [9.17, 15) is 0 Å². The maximum Gasteiger partial charge on any atom is 0.0755 e. The normalized spacial score (nSPS) is 27.5. The molecule has 2 bridgehead atoms. The fourth-order valence-corrected chi connectivity index (χ4v) is 3.25. The van der Waals surface area contributed by atoms with E-state index in [2.05, 4.69) is 39.0 Å². The lowest BCUT2D eigenvalue weighted by atomic mass is 10.1. The van der Waals surface area contributed by atoms with Gasteiger partial charge in [-0.05, 0) is 36.6 Å². The van der Waals surface area contributed by atoms with Crippen molar-refractivity contribution < 1.29 is 4.74 Å². The number of fused-ring (bicyclic) bond motifs is 2. The van der Waals surface area contributed by atoms with Crippen LogP contribution in [-0.4, -0.2) is 25.3 Å². The van der Waals surface area contributed by atoms with Crippen LogP contribution >= 0.6 is 15.9 Å². The van der Waals surface area contributed by atoms with Crippen LogP contribution < -0.4 is 10.6 Å². The summed E-state index contributed by atoms with van der Waals surface area (Å²) in [5, 5.41) is 0.